The van der Waals surface area contributed by atoms with E-state index in [2.05, 4.69) is 0 Å². The lowest BCUT2D eigenvalue weighted by atomic mass is 9.99. The van der Waals surface area contributed by atoms with Crippen LogP contribution in [0.4, 0.5) is 0 Å². The highest BCUT2D eigenvalue weighted by Crippen LogP contribution is 2.21. The first kappa shape index (κ1) is 16.1. The van der Waals surface area contributed by atoms with Crippen molar-refractivity contribution in [1.82, 2.24) is 0 Å². The Hall–Kier alpha value is -1.28. The van der Waals surface area contributed by atoms with E-state index in [1.807, 2.05) is 36.4 Å². The Labute approximate surface area is 122 Å². The molecule has 4 N–H and O–H groups in total. The fraction of sp³-hybridized carbons (Fsp3) is 0.467. The Balaban J connectivity index is 1.86. The van der Waals surface area contributed by atoms with Gasteiger partial charge in [-0.25, -0.2) is 0 Å². The molecular weight excluding hydrogens is 276 g/mol. The minimum Gasteiger partial charge on any atom is -0.394 e. The molecule has 1 fully saturated rings. The summed E-state index contributed by atoms with van der Waals surface area (Å²) in [6.07, 6.45) is -2.61. The fourth-order valence-electron chi connectivity index (χ4n) is 2.10. The average molecular weight is 296 g/mol. The Morgan fingerprint density at radius 2 is 1.76 bits per heavy atom. The van der Waals surface area contributed by atoms with E-state index in [1.165, 1.54) is 0 Å². The molecule has 2 rings (SSSR count). The molecule has 1 aliphatic heterocycles. The van der Waals surface area contributed by atoms with E-state index in [0.29, 0.717) is 0 Å². The fourth-order valence-corrected chi connectivity index (χ4v) is 2.10. The smallest absolute Gasteiger partial charge is 0.187 e. The largest absolute Gasteiger partial charge is 0.394 e. The van der Waals surface area contributed by atoms with Crippen molar-refractivity contribution in [2.45, 2.75) is 30.7 Å². The van der Waals surface area contributed by atoms with Gasteiger partial charge in [-0.15, -0.1) is 0 Å². The van der Waals surface area contributed by atoms with Gasteiger partial charge in [0.15, 0.2) is 6.29 Å². The zero-order valence-corrected chi connectivity index (χ0v) is 11.4. The molecule has 6 heteroatoms. The molecule has 1 aromatic rings. The molecule has 5 atom stereocenters. The second-order valence-corrected chi connectivity index (χ2v) is 4.84. The number of hydrogen-bond donors (Lipinski definition) is 4. The number of aliphatic hydroxyl groups excluding tert-OH is 4. The van der Waals surface area contributed by atoms with Gasteiger partial charge in [-0.05, 0) is 5.56 Å². The van der Waals surface area contributed by atoms with Gasteiger partial charge in [-0.3, -0.25) is 0 Å². The third kappa shape index (κ3) is 4.10. The standard InChI is InChI=1S/C15H20O6/c16-9-11-12(17)13(18)14(19)15(21-11)20-8-4-7-10-5-2-1-3-6-10/h1-7,11-19H,8-9H2/t11-,12+,13+,14-,15-/m0/s1. The molecule has 0 radical (unpaired) electrons. The van der Waals surface area contributed by atoms with Gasteiger partial charge < -0.3 is 29.9 Å². The summed E-state index contributed by atoms with van der Waals surface area (Å²) in [6, 6.07) is 9.62. The van der Waals surface area contributed by atoms with Crippen LogP contribution in [0.2, 0.25) is 0 Å². The van der Waals surface area contributed by atoms with Crippen LogP contribution in [0.3, 0.4) is 0 Å². The third-order valence-electron chi connectivity index (χ3n) is 3.32. The lowest BCUT2D eigenvalue weighted by molar-refractivity contribution is -0.298. The lowest BCUT2D eigenvalue weighted by Crippen LogP contribution is -2.59. The third-order valence-corrected chi connectivity index (χ3v) is 3.32. The second-order valence-electron chi connectivity index (χ2n) is 4.84. The van der Waals surface area contributed by atoms with Crippen molar-refractivity contribution in [2.24, 2.45) is 0 Å². The van der Waals surface area contributed by atoms with Crippen molar-refractivity contribution in [2.75, 3.05) is 13.2 Å². The van der Waals surface area contributed by atoms with Gasteiger partial charge in [0, 0.05) is 0 Å². The summed E-state index contributed by atoms with van der Waals surface area (Å²) in [5, 5.41) is 38.1. The summed E-state index contributed by atoms with van der Waals surface area (Å²) < 4.78 is 10.5. The maximum atomic E-state index is 9.77. The molecule has 0 spiro atoms. The highest BCUT2D eigenvalue weighted by Gasteiger charge is 2.43. The number of benzene rings is 1. The Bertz CT molecular complexity index is 447. The minimum absolute atomic E-state index is 0.164. The van der Waals surface area contributed by atoms with Gasteiger partial charge in [-0.2, -0.15) is 0 Å². The molecule has 0 bridgehead atoms. The van der Waals surface area contributed by atoms with Crippen LogP contribution >= 0.6 is 0 Å². The number of hydrogen-bond acceptors (Lipinski definition) is 6. The van der Waals surface area contributed by atoms with Crippen LogP contribution in [0.25, 0.3) is 6.08 Å². The van der Waals surface area contributed by atoms with Crippen molar-refractivity contribution in [3.63, 3.8) is 0 Å². The van der Waals surface area contributed by atoms with E-state index in [9.17, 15) is 15.3 Å². The van der Waals surface area contributed by atoms with E-state index >= 15 is 0 Å². The maximum absolute atomic E-state index is 9.77. The Morgan fingerprint density at radius 1 is 1.05 bits per heavy atom. The number of rotatable bonds is 5. The van der Waals surface area contributed by atoms with Crippen LogP contribution in [0.5, 0.6) is 0 Å². The van der Waals surface area contributed by atoms with Crippen LogP contribution in [-0.4, -0.2) is 64.3 Å². The first-order valence-electron chi connectivity index (χ1n) is 6.77. The molecule has 1 heterocycles. The minimum atomic E-state index is -1.42. The van der Waals surface area contributed by atoms with Gasteiger partial charge >= 0.3 is 0 Å². The van der Waals surface area contributed by atoms with Gasteiger partial charge in [-0.1, -0.05) is 42.5 Å². The second kappa shape index (κ2) is 7.65. The van der Waals surface area contributed by atoms with Gasteiger partial charge in [0.05, 0.1) is 13.2 Å². The van der Waals surface area contributed by atoms with E-state index in [4.69, 9.17) is 14.6 Å². The van der Waals surface area contributed by atoms with Crippen LogP contribution in [-0.2, 0) is 9.47 Å². The van der Waals surface area contributed by atoms with E-state index in [0.717, 1.165) is 5.56 Å². The quantitative estimate of drug-likeness (QED) is 0.585. The summed E-state index contributed by atoms with van der Waals surface area (Å²) >= 11 is 0. The molecule has 0 unspecified atom stereocenters. The zero-order chi connectivity index (χ0) is 15.2. The highest BCUT2D eigenvalue weighted by molar-refractivity contribution is 5.48. The SMILES string of the molecule is OC[C@@H]1O[C@H](OCC=Cc2ccccc2)[C@@H](O)[C@H](O)[C@@H]1O. The number of aliphatic hydroxyl groups is 4. The topological polar surface area (TPSA) is 99.4 Å². The molecule has 0 saturated carbocycles. The van der Waals surface area contributed by atoms with Crippen LogP contribution in [0.1, 0.15) is 5.56 Å². The Kier molecular flexibility index (Phi) is 5.86. The molecule has 1 saturated heterocycles. The maximum Gasteiger partial charge on any atom is 0.187 e. The van der Waals surface area contributed by atoms with Gasteiger partial charge in [0.25, 0.3) is 0 Å². The van der Waals surface area contributed by atoms with Gasteiger partial charge in [0.1, 0.15) is 24.4 Å². The molecule has 0 aliphatic carbocycles. The van der Waals surface area contributed by atoms with E-state index < -0.39 is 37.3 Å². The summed E-state index contributed by atoms with van der Waals surface area (Å²) in [4.78, 5) is 0. The molecule has 1 aliphatic rings. The van der Waals surface area contributed by atoms with Crippen molar-refractivity contribution in [3.8, 4) is 0 Å². The van der Waals surface area contributed by atoms with Crippen LogP contribution in [0, 0.1) is 0 Å². The predicted molar refractivity (Wildman–Crippen MR) is 75.2 cm³/mol. The van der Waals surface area contributed by atoms with E-state index in [1.54, 1.807) is 6.08 Å². The Morgan fingerprint density at radius 3 is 2.43 bits per heavy atom. The first-order chi connectivity index (χ1) is 10.1. The molecule has 1 aromatic carbocycles. The van der Waals surface area contributed by atoms with E-state index in [-0.39, 0.29) is 6.61 Å². The summed E-state index contributed by atoms with van der Waals surface area (Å²) in [7, 11) is 0. The van der Waals surface area contributed by atoms with Crippen molar-refractivity contribution in [3.05, 3.63) is 42.0 Å². The molecule has 116 valence electrons. The van der Waals surface area contributed by atoms with Gasteiger partial charge in [0.2, 0.25) is 0 Å². The first-order valence-corrected chi connectivity index (χ1v) is 6.77. The molecular formula is C15H20O6. The summed E-state index contributed by atoms with van der Waals surface area (Å²) in [5.41, 5.74) is 1.01. The zero-order valence-electron chi connectivity index (χ0n) is 11.4. The summed E-state index contributed by atoms with van der Waals surface area (Å²) in [6.45, 7) is -0.303. The molecule has 0 aromatic heterocycles. The van der Waals surface area contributed by atoms with Crippen molar-refractivity contribution in [1.29, 1.82) is 0 Å². The molecule has 6 nitrogen and oxygen atoms in total. The summed E-state index contributed by atoms with van der Waals surface area (Å²) in [5.74, 6) is 0. The highest BCUT2D eigenvalue weighted by atomic mass is 16.7. The number of ether oxygens (including phenoxy) is 2. The molecule has 0 amide bonds. The lowest BCUT2D eigenvalue weighted by Gasteiger charge is -2.39. The monoisotopic (exact) mass is 296 g/mol. The predicted octanol–water partition coefficient (Wildman–Crippen LogP) is -0.484. The van der Waals surface area contributed by atoms with Crippen molar-refractivity contribution < 1.29 is 29.9 Å². The van der Waals surface area contributed by atoms with Crippen LogP contribution < -0.4 is 0 Å². The van der Waals surface area contributed by atoms with Crippen LogP contribution in [0.15, 0.2) is 36.4 Å². The van der Waals surface area contributed by atoms with Crippen molar-refractivity contribution >= 4 is 6.08 Å². The molecule has 21 heavy (non-hydrogen) atoms. The average Bonchev–Trinajstić information content (AvgIpc) is 2.52. The normalized spacial score (nSPS) is 33.4.